The second kappa shape index (κ2) is 6.49. The molecule has 2 aliphatic rings. The van der Waals surface area contributed by atoms with Crippen LogP contribution in [0.25, 0.3) is 0 Å². The summed E-state index contributed by atoms with van der Waals surface area (Å²) in [6.07, 6.45) is 3.98. The fraction of sp³-hybridized carbons (Fsp3) is 0.190. The molecule has 0 unspecified atom stereocenters. The van der Waals surface area contributed by atoms with Gasteiger partial charge in [-0.15, -0.1) is 0 Å². The van der Waals surface area contributed by atoms with Crippen molar-refractivity contribution < 1.29 is 9.90 Å². The third-order valence-electron chi connectivity index (χ3n) is 5.40. The first kappa shape index (κ1) is 17.0. The zero-order valence-electron chi connectivity index (χ0n) is 14.8. The Labute approximate surface area is 166 Å². The first-order chi connectivity index (χ1) is 13.6. The quantitative estimate of drug-likeness (QED) is 0.691. The van der Waals surface area contributed by atoms with Crippen molar-refractivity contribution in [1.82, 2.24) is 14.8 Å². The summed E-state index contributed by atoms with van der Waals surface area (Å²) in [5, 5.41) is 17.9. The minimum Gasteiger partial charge on any atom is -0.508 e. The summed E-state index contributed by atoms with van der Waals surface area (Å²) in [5.74, 6) is 0.492. The highest BCUT2D eigenvalue weighted by atomic mass is 35.5. The highest BCUT2D eigenvalue weighted by Crippen LogP contribution is 2.44. The molecule has 1 aromatic heterocycles. The van der Waals surface area contributed by atoms with E-state index in [1.54, 1.807) is 16.8 Å². The van der Waals surface area contributed by atoms with Gasteiger partial charge in [0.1, 0.15) is 17.9 Å². The minimum atomic E-state index is -0.380. The van der Waals surface area contributed by atoms with Gasteiger partial charge in [-0.25, -0.2) is 4.68 Å². The Morgan fingerprint density at radius 1 is 1.14 bits per heavy atom. The Morgan fingerprint density at radius 3 is 2.75 bits per heavy atom. The van der Waals surface area contributed by atoms with Crippen LogP contribution in [0.3, 0.4) is 0 Å². The van der Waals surface area contributed by atoms with E-state index in [9.17, 15) is 9.90 Å². The van der Waals surface area contributed by atoms with Crippen LogP contribution in [0.15, 0.2) is 66.6 Å². The molecular formula is C21H17ClN4O2. The van der Waals surface area contributed by atoms with Crippen LogP contribution in [-0.2, 0) is 4.79 Å². The molecule has 2 N–H and O–H groups in total. The molecule has 7 heteroatoms. The van der Waals surface area contributed by atoms with Gasteiger partial charge in [-0.05, 0) is 35.4 Å². The average Bonchev–Trinajstić information content (AvgIpc) is 3.15. The maximum Gasteiger partial charge on any atom is 0.226 e. The smallest absolute Gasteiger partial charge is 0.226 e. The lowest BCUT2D eigenvalue weighted by atomic mass is 9.76. The number of allylic oxidation sites excluding steroid dienone is 2. The zero-order valence-corrected chi connectivity index (χ0v) is 15.5. The molecule has 0 fully saturated rings. The standard InChI is InChI=1S/C21H17ClN4O2/c22-15-3-1-2-13(8-15)14-9-17-19(18(28)10-14)20(12-4-6-16(27)7-5-12)26-21(25-17)23-11-24-26/h1-9,11,14,19-20,27H,10H2,(H,23,24,25)/t14-,19-,20-/m1/s1. The molecule has 28 heavy (non-hydrogen) atoms. The van der Waals surface area contributed by atoms with Crippen LogP contribution >= 0.6 is 11.6 Å². The number of anilines is 1. The largest absolute Gasteiger partial charge is 0.508 e. The number of hydrogen-bond donors (Lipinski definition) is 2. The highest BCUT2D eigenvalue weighted by Gasteiger charge is 2.43. The lowest BCUT2D eigenvalue weighted by Crippen LogP contribution is -2.40. The van der Waals surface area contributed by atoms with Crippen molar-refractivity contribution in [2.75, 3.05) is 5.32 Å². The summed E-state index contributed by atoms with van der Waals surface area (Å²) in [5.41, 5.74) is 2.75. The molecule has 1 aliphatic carbocycles. The normalized spacial score (nSPS) is 23.4. The van der Waals surface area contributed by atoms with E-state index < -0.39 is 0 Å². The fourth-order valence-corrected chi connectivity index (χ4v) is 4.33. The SMILES string of the molecule is O=C1C[C@H](c2cccc(Cl)c2)C=C2Nc3ncnn3[C@H](c3ccc(O)cc3)[C@@H]12. The molecule has 140 valence electrons. The van der Waals surface area contributed by atoms with Gasteiger partial charge in [-0.3, -0.25) is 4.79 Å². The van der Waals surface area contributed by atoms with E-state index in [-0.39, 0.29) is 29.4 Å². The third-order valence-corrected chi connectivity index (χ3v) is 5.64. The number of ketones is 1. The number of rotatable bonds is 2. The van der Waals surface area contributed by atoms with E-state index in [0.29, 0.717) is 17.4 Å². The van der Waals surface area contributed by atoms with E-state index in [4.69, 9.17) is 11.6 Å². The number of aromatic hydroxyl groups is 1. The first-order valence-electron chi connectivity index (χ1n) is 9.05. The van der Waals surface area contributed by atoms with Crippen molar-refractivity contribution in [1.29, 1.82) is 0 Å². The molecule has 5 rings (SSSR count). The summed E-state index contributed by atoms with van der Waals surface area (Å²) in [7, 11) is 0. The van der Waals surface area contributed by atoms with E-state index in [2.05, 4.69) is 21.5 Å². The second-order valence-corrected chi connectivity index (χ2v) is 7.56. The summed E-state index contributed by atoms with van der Waals surface area (Å²) in [6, 6.07) is 14.2. The number of fused-ring (bicyclic) bond motifs is 2. The van der Waals surface area contributed by atoms with Gasteiger partial charge in [-0.2, -0.15) is 10.1 Å². The Balaban J connectivity index is 1.61. The van der Waals surface area contributed by atoms with Gasteiger partial charge in [0.15, 0.2) is 0 Å². The number of aromatic nitrogens is 3. The van der Waals surface area contributed by atoms with Crippen molar-refractivity contribution in [3.8, 4) is 5.75 Å². The Morgan fingerprint density at radius 2 is 1.96 bits per heavy atom. The second-order valence-electron chi connectivity index (χ2n) is 7.12. The molecule has 0 saturated carbocycles. The number of phenolic OH excluding ortho intramolecular Hbond substituents is 1. The number of halogens is 1. The molecule has 2 aromatic carbocycles. The van der Waals surface area contributed by atoms with Gasteiger partial charge in [0.25, 0.3) is 0 Å². The minimum absolute atomic E-state index is 0.0418. The maximum absolute atomic E-state index is 13.3. The average molecular weight is 393 g/mol. The molecule has 0 bridgehead atoms. The number of carbonyl (C=O) groups is 1. The molecule has 6 nitrogen and oxygen atoms in total. The van der Waals surface area contributed by atoms with Gasteiger partial charge in [0.05, 0.1) is 12.0 Å². The van der Waals surface area contributed by atoms with Crippen molar-refractivity contribution in [3.05, 3.63) is 82.8 Å². The summed E-state index contributed by atoms with van der Waals surface area (Å²) < 4.78 is 1.74. The molecule has 0 saturated heterocycles. The third kappa shape index (κ3) is 2.77. The molecule has 0 amide bonds. The van der Waals surface area contributed by atoms with Crippen LogP contribution < -0.4 is 5.32 Å². The van der Waals surface area contributed by atoms with Crippen molar-refractivity contribution in [3.63, 3.8) is 0 Å². The number of benzene rings is 2. The van der Waals surface area contributed by atoms with Crippen LogP contribution in [0, 0.1) is 5.92 Å². The van der Waals surface area contributed by atoms with E-state index >= 15 is 0 Å². The number of nitrogens with zero attached hydrogens (tertiary/aromatic N) is 3. The van der Waals surface area contributed by atoms with Crippen LogP contribution in [0.1, 0.15) is 29.5 Å². The van der Waals surface area contributed by atoms with Crippen molar-refractivity contribution >= 4 is 23.3 Å². The number of nitrogens with one attached hydrogen (secondary N) is 1. The number of carbonyl (C=O) groups excluding carboxylic acids is 1. The number of hydrogen-bond acceptors (Lipinski definition) is 5. The van der Waals surface area contributed by atoms with Gasteiger partial charge in [0.2, 0.25) is 5.95 Å². The van der Waals surface area contributed by atoms with Crippen LogP contribution in [0.2, 0.25) is 5.02 Å². The fourth-order valence-electron chi connectivity index (χ4n) is 4.13. The maximum atomic E-state index is 13.3. The van der Waals surface area contributed by atoms with E-state index in [1.165, 1.54) is 6.33 Å². The Kier molecular flexibility index (Phi) is 3.94. The van der Waals surface area contributed by atoms with Gasteiger partial charge >= 0.3 is 0 Å². The summed E-state index contributed by atoms with van der Waals surface area (Å²) in [4.78, 5) is 17.6. The van der Waals surface area contributed by atoms with Crippen LogP contribution in [-0.4, -0.2) is 25.7 Å². The lowest BCUT2D eigenvalue weighted by molar-refractivity contribution is -0.123. The first-order valence-corrected chi connectivity index (χ1v) is 9.43. The monoisotopic (exact) mass is 392 g/mol. The molecule has 2 heterocycles. The van der Waals surface area contributed by atoms with Crippen LogP contribution in [0.5, 0.6) is 5.75 Å². The number of Topliss-reactive ketones (excluding diaryl/α,β-unsaturated/α-hetero) is 1. The van der Waals surface area contributed by atoms with Crippen molar-refractivity contribution in [2.45, 2.75) is 18.4 Å². The molecule has 3 atom stereocenters. The topological polar surface area (TPSA) is 80.0 Å². The van der Waals surface area contributed by atoms with E-state index in [1.807, 2.05) is 36.4 Å². The Hall–Kier alpha value is -3.12. The number of phenols is 1. The van der Waals surface area contributed by atoms with Gasteiger partial charge in [-0.1, -0.05) is 41.9 Å². The van der Waals surface area contributed by atoms with E-state index in [0.717, 1.165) is 16.8 Å². The van der Waals surface area contributed by atoms with Crippen molar-refractivity contribution in [2.24, 2.45) is 5.92 Å². The molecule has 0 radical (unpaired) electrons. The summed E-state index contributed by atoms with van der Waals surface area (Å²) in [6.45, 7) is 0. The predicted octanol–water partition coefficient (Wildman–Crippen LogP) is 3.91. The Bertz CT molecular complexity index is 1090. The lowest BCUT2D eigenvalue weighted by Gasteiger charge is -2.38. The predicted molar refractivity (Wildman–Crippen MR) is 105 cm³/mol. The zero-order chi connectivity index (χ0) is 19.3. The highest BCUT2D eigenvalue weighted by molar-refractivity contribution is 6.30. The van der Waals surface area contributed by atoms with Gasteiger partial charge < -0.3 is 10.4 Å². The molecule has 3 aromatic rings. The molecule has 1 aliphatic heterocycles. The van der Waals surface area contributed by atoms with Crippen LogP contribution in [0.4, 0.5) is 5.95 Å². The molecule has 0 spiro atoms. The van der Waals surface area contributed by atoms with Gasteiger partial charge in [0, 0.05) is 23.1 Å². The summed E-state index contributed by atoms with van der Waals surface area (Å²) >= 11 is 6.14. The molecular weight excluding hydrogens is 376 g/mol.